The van der Waals surface area contributed by atoms with Crippen LogP contribution >= 0.6 is 0 Å². The monoisotopic (exact) mass is 274 g/mol. The Morgan fingerprint density at radius 1 is 1.30 bits per heavy atom. The first-order valence-electron chi connectivity index (χ1n) is 7.92. The molecule has 1 aromatic rings. The van der Waals surface area contributed by atoms with Gasteiger partial charge in [-0.05, 0) is 39.3 Å². The van der Waals surface area contributed by atoms with Crippen molar-refractivity contribution in [2.45, 2.75) is 57.3 Å². The van der Waals surface area contributed by atoms with Crippen molar-refractivity contribution in [3.63, 3.8) is 0 Å². The average Bonchev–Trinajstić information content (AvgIpc) is 2.86. The van der Waals surface area contributed by atoms with Gasteiger partial charge in [-0.1, -0.05) is 25.1 Å². The van der Waals surface area contributed by atoms with E-state index in [0.717, 1.165) is 12.4 Å². The van der Waals surface area contributed by atoms with Crippen LogP contribution in [-0.2, 0) is 0 Å². The molecule has 0 aliphatic carbocycles. The van der Waals surface area contributed by atoms with Crippen molar-refractivity contribution in [2.24, 2.45) is 0 Å². The summed E-state index contributed by atoms with van der Waals surface area (Å²) in [4.78, 5) is 2.71. The van der Waals surface area contributed by atoms with Gasteiger partial charge in [0, 0.05) is 17.6 Å². The van der Waals surface area contributed by atoms with Gasteiger partial charge in [0.2, 0.25) is 0 Å². The third-order valence-corrected chi connectivity index (χ3v) is 5.06. The van der Waals surface area contributed by atoms with Gasteiger partial charge in [0.1, 0.15) is 12.4 Å². The van der Waals surface area contributed by atoms with Crippen LogP contribution in [0, 0.1) is 0 Å². The van der Waals surface area contributed by atoms with Gasteiger partial charge in [-0.2, -0.15) is 0 Å². The first kappa shape index (κ1) is 13.9. The number of hydrogen-bond donors (Lipinski definition) is 1. The van der Waals surface area contributed by atoms with Crippen LogP contribution in [-0.4, -0.2) is 36.7 Å². The SMILES string of the molecule is CCC1CCC(C)N1C1COc2ccccc2C1NC. The second-order valence-corrected chi connectivity index (χ2v) is 6.12. The van der Waals surface area contributed by atoms with E-state index in [-0.39, 0.29) is 0 Å². The van der Waals surface area contributed by atoms with E-state index in [2.05, 4.69) is 55.4 Å². The number of likely N-dealkylation sites (tertiary alicyclic amines) is 1. The predicted octanol–water partition coefficient (Wildman–Crippen LogP) is 2.97. The fourth-order valence-electron chi connectivity index (χ4n) is 4.06. The molecule has 20 heavy (non-hydrogen) atoms. The van der Waals surface area contributed by atoms with E-state index in [4.69, 9.17) is 4.74 Å². The first-order chi connectivity index (χ1) is 9.76. The highest BCUT2D eigenvalue weighted by atomic mass is 16.5. The maximum Gasteiger partial charge on any atom is 0.124 e. The molecular formula is C17H26N2O. The molecule has 1 saturated heterocycles. The van der Waals surface area contributed by atoms with Crippen LogP contribution in [0.2, 0.25) is 0 Å². The Morgan fingerprint density at radius 3 is 2.85 bits per heavy atom. The maximum absolute atomic E-state index is 6.04. The number of fused-ring (bicyclic) bond motifs is 1. The van der Waals surface area contributed by atoms with E-state index in [0.29, 0.717) is 24.2 Å². The highest BCUT2D eigenvalue weighted by molar-refractivity contribution is 5.39. The summed E-state index contributed by atoms with van der Waals surface area (Å²) in [7, 11) is 2.07. The summed E-state index contributed by atoms with van der Waals surface area (Å²) in [5, 5.41) is 3.53. The molecule has 1 aromatic carbocycles. The second-order valence-electron chi connectivity index (χ2n) is 6.12. The number of hydrogen-bond acceptors (Lipinski definition) is 3. The zero-order valence-electron chi connectivity index (χ0n) is 12.8. The van der Waals surface area contributed by atoms with Gasteiger partial charge >= 0.3 is 0 Å². The van der Waals surface area contributed by atoms with Crippen LogP contribution in [0.25, 0.3) is 0 Å². The fourth-order valence-corrected chi connectivity index (χ4v) is 4.06. The van der Waals surface area contributed by atoms with Crippen molar-refractivity contribution in [1.82, 2.24) is 10.2 Å². The van der Waals surface area contributed by atoms with E-state index in [1.165, 1.54) is 24.8 Å². The van der Waals surface area contributed by atoms with Gasteiger partial charge < -0.3 is 10.1 Å². The van der Waals surface area contributed by atoms with Crippen LogP contribution < -0.4 is 10.1 Å². The molecule has 110 valence electrons. The Morgan fingerprint density at radius 2 is 2.10 bits per heavy atom. The molecule has 2 aliphatic heterocycles. The minimum atomic E-state index is 0.370. The molecule has 0 spiro atoms. The molecule has 3 heteroatoms. The number of ether oxygens (including phenoxy) is 1. The van der Waals surface area contributed by atoms with Crippen molar-refractivity contribution in [3.05, 3.63) is 29.8 Å². The second kappa shape index (κ2) is 5.74. The zero-order chi connectivity index (χ0) is 14.1. The highest BCUT2D eigenvalue weighted by Crippen LogP contribution is 2.38. The van der Waals surface area contributed by atoms with Crippen LogP contribution in [0.15, 0.2) is 24.3 Å². The molecule has 0 bridgehead atoms. The quantitative estimate of drug-likeness (QED) is 0.917. The maximum atomic E-state index is 6.04. The van der Waals surface area contributed by atoms with E-state index in [9.17, 15) is 0 Å². The van der Waals surface area contributed by atoms with Gasteiger partial charge in [-0.25, -0.2) is 0 Å². The summed E-state index contributed by atoms with van der Waals surface area (Å²) in [6.07, 6.45) is 3.87. The lowest BCUT2D eigenvalue weighted by atomic mass is 9.94. The highest BCUT2D eigenvalue weighted by Gasteiger charge is 2.41. The Kier molecular flexibility index (Phi) is 3.99. The summed E-state index contributed by atoms with van der Waals surface area (Å²) in [5.41, 5.74) is 1.31. The van der Waals surface area contributed by atoms with Crippen molar-refractivity contribution in [1.29, 1.82) is 0 Å². The third-order valence-electron chi connectivity index (χ3n) is 5.06. The van der Waals surface area contributed by atoms with Crippen molar-refractivity contribution in [3.8, 4) is 5.75 Å². The van der Waals surface area contributed by atoms with Crippen LogP contribution in [0.4, 0.5) is 0 Å². The summed E-state index contributed by atoms with van der Waals surface area (Å²) >= 11 is 0. The largest absolute Gasteiger partial charge is 0.492 e. The fraction of sp³-hybridized carbons (Fsp3) is 0.647. The lowest BCUT2D eigenvalue weighted by Crippen LogP contribution is -2.53. The molecular weight excluding hydrogens is 248 g/mol. The number of benzene rings is 1. The molecule has 3 nitrogen and oxygen atoms in total. The number of nitrogens with zero attached hydrogens (tertiary/aromatic N) is 1. The topological polar surface area (TPSA) is 24.5 Å². The number of likely N-dealkylation sites (N-methyl/N-ethyl adjacent to an activating group) is 1. The molecule has 0 saturated carbocycles. The summed E-state index contributed by atoms with van der Waals surface area (Å²) in [6, 6.07) is 10.6. The minimum Gasteiger partial charge on any atom is -0.492 e. The lowest BCUT2D eigenvalue weighted by molar-refractivity contribution is 0.0526. The van der Waals surface area contributed by atoms with E-state index in [1.54, 1.807) is 0 Å². The molecule has 2 aliphatic rings. The standard InChI is InChI=1S/C17H26N2O/c1-4-13-10-9-12(2)19(13)15-11-20-16-8-6-5-7-14(16)17(15)18-3/h5-8,12-13,15,17-18H,4,9-11H2,1-3H3. The van der Waals surface area contributed by atoms with Gasteiger partial charge in [0.05, 0.1) is 12.1 Å². The van der Waals surface area contributed by atoms with Gasteiger partial charge in [0.15, 0.2) is 0 Å². The van der Waals surface area contributed by atoms with Gasteiger partial charge in [-0.15, -0.1) is 0 Å². The predicted molar refractivity (Wildman–Crippen MR) is 82.1 cm³/mol. The zero-order valence-corrected chi connectivity index (χ0v) is 12.8. The van der Waals surface area contributed by atoms with Crippen LogP contribution in [0.1, 0.15) is 44.7 Å². The van der Waals surface area contributed by atoms with E-state index >= 15 is 0 Å². The molecule has 4 unspecified atom stereocenters. The van der Waals surface area contributed by atoms with Crippen molar-refractivity contribution in [2.75, 3.05) is 13.7 Å². The third kappa shape index (κ3) is 2.23. The molecule has 1 N–H and O–H groups in total. The summed E-state index contributed by atoms with van der Waals surface area (Å²) < 4.78 is 6.04. The Labute approximate surface area is 122 Å². The molecule has 0 amide bonds. The smallest absolute Gasteiger partial charge is 0.124 e. The van der Waals surface area contributed by atoms with Crippen LogP contribution in [0.3, 0.4) is 0 Å². The van der Waals surface area contributed by atoms with Crippen LogP contribution in [0.5, 0.6) is 5.75 Å². The molecule has 1 fully saturated rings. The minimum absolute atomic E-state index is 0.370. The molecule has 0 aromatic heterocycles. The van der Waals surface area contributed by atoms with Gasteiger partial charge in [-0.3, -0.25) is 4.90 Å². The molecule has 2 heterocycles. The van der Waals surface area contributed by atoms with E-state index < -0.39 is 0 Å². The molecule has 3 rings (SSSR count). The van der Waals surface area contributed by atoms with Gasteiger partial charge in [0.25, 0.3) is 0 Å². The first-order valence-corrected chi connectivity index (χ1v) is 7.92. The Hall–Kier alpha value is -1.06. The van der Waals surface area contributed by atoms with Crippen molar-refractivity contribution >= 4 is 0 Å². The number of para-hydroxylation sites is 1. The Bertz CT molecular complexity index is 462. The number of rotatable bonds is 3. The Balaban J connectivity index is 1.91. The average molecular weight is 274 g/mol. The normalized spacial score (nSPS) is 33.8. The molecule has 0 radical (unpaired) electrons. The van der Waals surface area contributed by atoms with E-state index in [1.807, 2.05) is 0 Å². The lowest BCUT2D eigenvalue weighted by Gasteiger charge is -2.43. The molecule has 4 atom stereocenters. The van der Waals surface area contributed by atoms with Crippen molar-refractivity contribution < 1.29 is 4.74 Å². The summed E-state index contributed by atoms with van der Waals surface area (Å²) in [6.45, 7) is 5.47. The summed E-state index contributed by atoms with van der Waals surface area (Å²) in [5.74, 6) is 1.04. The number of nitrogens with one attached hydrogen (secondary N) is 1.